The number of aromatic amines is 2. The van der Waals surface area contributed by atoms with Crippen LogP contribution in [-0.4, -0.2) is 46.4 Å². The molecule has 0 bridgehead atoms. The number of hydrogen-bond acceptors (Lipinski definition) is 6. The van der Waals surface area contributed by atoms with E-state index in [1.54, 1.807) is 0 Å². The molecule has 0 radical (unpaired) electrons. The molecule has 1 amide bonds. The number of ether oxygens (including phenoxy) is 2. The molecule has 3 rings (SSSR count). The average Bonchev–Trinajstić information content (AvgIpc) is 3.13. The van der Waals surface area contributed by atoms with E-state index in [0.717, 1.165) is 17.0 Å². The Balaban J connectivity index is 1.63. The maximum Gasteiger partial charge on any atom is 0.323 e. The molecule has 0 saturated carbocycles. The third kappa shape index (κ3) is 3.57. The highest BCUT2D eigenvalue weighted by atomic mass is 16.5. The molecule has 0 spiro atoms. The fraction of sp³-hybridized carbons (Fsp3) is 0.533. The number of carbonyl (C=O) groups is 1. The minimum Gasteiger partial charge on any atom is -0.379 e. The second kappa shape index (κ2) is 7.02. The molecule has 2 aromatic heterocycles. The Labute approximate surface area is 137 Å². The van der Waals surface area contributed by atoms with Gasteiger partial charge in [-0.15, -0.1) is 0 Å². The summed E-state index contributed by atoms with van der Waals surface area (Å²) in [5.41, 5.74) is 1.47. The molecule has 0 aliphatic carbocycles. The molecular weight excluding hydrogens is 316 g/mol. The van der Waals surface area contributed by atoms with Crippen molar-refractivity contribution in [1.82, 2.24) is 20.4 Å². The number of rotatable bonds is 5. The number of aromatic nitrogens is 3. The minimum atomic E-state index is -0.425. The summed E-state index contributed by atoms with van der Waals surface area (Å²) in [5, 5.41) is 6.74. The molecule has 1 fully saturated rings. The van der Waals surface area contributed by atoms with E-state index in [4.69, 9.17) is 14.0 Å². The van der Waals surface area contributed by atoms with Crippen LogP contribution in [0.4, 0.5) is 0 Å². The molecule has 2 atom stereocenters. The molecule has 1 aliphatic rings. The Morgan fingerprint density at radius 2 is 2.33 bits per heavy atom. The van der Waals surface area contributed by atoms with Crippen molar-refractivity contribution in [3.63, 3.8) is 0 Å². The largest absolute Gasteiger partial charge is 0.379 e. The minimum absolute atomic E-state index is 0.176. The van der Waals surface area contributed by atoms with E-state index in [9.17, 15) is 9.59 Å². The zero-order chi connectivity index (χ0) is 17.1. The number of nitrogens with one attached hydrogen (secondary N) is 3. The number of imidazole rings is 1. The van der Waals surface area contributed by atoms with E-state index < -0.39 is 5.69 Å². The van der Waals surface area contributed by atoms with Crippen LogP contribution in [0.3, 0.4) is 0 Å². The van der Waals surface area contributed by atoms with Gasteiger partial charge in [-0.2, -0.15) is 0 Å². The van der Waals surface area contributed by atoms with Crippen LogP contribution in [0.15, 0.2) is 15.5 Å². The van der Waals surface area contributed by atoms with Crippen LogP contribution < -0.4 is 11.0 Å². The first-order valence-electron chi connectivity index (χ1n) is 7.74. The van der Waals surface area contributed by atoms with Gasteiger partial charge in [0.15, 0.2) is 0 Å². The maximum atomic E-state index is 12.2. The van der Waals surface area contributed by atoms with Crippen LogP contribution in [0.2, 0.25) is 0 Å². The van der Waals surface area contributed by atoms with Crippen molar-refractivity contribution in [3.05, 3.63) is 39.4 Å². The van der Waals surface area contributed by atoms with Crippen molar-refractivity contribution < 1.29 is 18.8 Å². The summed E-state index contributed by atoms with van der Waals surface area (Å²) in [6, 6.07) is -0.301. The summed E-state index contributed by atoms with van der Waals surface area (Å²) in [6.07, 6.45) is 1.81. The fourth-order valence-corrected chi connectivity index (χ4v) is 2.65. The summed E-state index contributed by atoms with van der Waals surface area (Å²) < 4.78 is 16.5. The van der Waals surface area contributed by atoms with Crippen molar-refractivity contribution >= 4 is 5.91 Å². The summed E-state index contributed by atoms with van der Waals surface area (Å²) >= 11 is 0. The van der Waals surface area contributed by atoms with Crippen molar-refractivity contribution in [2.75, 3.05) is 13.2 Å². The summed E-state index contributed by atoms with van der Waals surface area (Å²) in [7, 11) is 0. The molecule has 24 heavy (non-hydrogen) atoms. The maximum absolute atomic E-state index is 12.2. The van der Waals surface area contributed by atoms with Gasteiger partial charge in [-0.1, -0.05) is 5.16 Å². The van der Waals surface area contributed by atoms with Gasteiger partial charge in [0.2, 0.25) is 0 Å². The molecule has 3 N–H and O–H groups in total. The van der Waals surface area contributed by atoms with Crippen molar-refractivity contribution in [1.29, 1.82) is 0 Å². The highest BCUT2D eigenvalue weighted by Gasteiger charge is 2.29. The predicted molar refractivity (Wildman–Crippen MR) is 82.7 cm³/mol. The first kappa shape index (κ1) is 16.5. The Kier molecular flexibility index (Phi) is 4.81. The van der Waals surface area contributed by atoms with Crippen LogP contribution in [0.25, 0.3) is 0 Å². The van der Waals surface area contributed by atoms with Gasteiger partial charge in [0.25, 0.3) is 5.91 Å². The third-order valence-electron chi connectivity index (χ3n) is 4.07. The lowest BCUT2D eigenvalue weighted by molar-refractivity contribution is -0.0608. The first-order valence-corrected chi connectivity index (χ1v) is 7.74. The van der Waals surface area contributed by atoms with Crippen molar-refractivity contribution in [2.45, 2.75) is 39.0 Å². The molecule has 130 valence electrons. The molecule has 9 nitrogen and oxygen atoms in total. The van der Waals surface area contributed by atoms with Crippen LogP contribution in [-0.2, 0) is 16.1 Å². The second-order valence-corrected chi connectivity index (χ2v) is 5.75. The number of nitrogens with zero attached hydrogens (tertiary/aromatic N) is 1. The molecule has 0 aromatic carbocycles. The Bertz CT molecular complexity index is 743. The molecule has 1 aliphatic heterocycles. The van der Waals surface area contributed by atoms with E-state index >= 15 is 0 Å². The summed E-state index contributed by atoms with van der Waals surface area (Å²) in [4.78, 5) is 28.1. The number of amides is 1. The van der Waals surface area contributed by atoms with E-state index in [1.165, 1.54) is 6.20 Å². The van der Waals surface area contributed by atoms with Gasteiger partial charge < -0.3 is 29.3 Å². The van der Waals surface area contributed by atoms with Crippen molar-refractivity contribution in [2.24, 2.45) is 0 Å². The normalized spacial score (nSPS) is 20.9. The quantitative estimate of drug-likeness (QED) is 0.727. The zero-order valence-corrected chi connectivity index (χ0v) is 13.5. The van der Waals surface area contributed by atoms with Crippen LogP contribution >= 0.6 is 0 Å². The molecule has 9 heteroatoms. The smallest absolute Gasteiger partial charge is 0.323 e. The fourth-order valence-electron chi connectivity index (χ4n) is 2.65. The van der Waals surface area contributed by atoms with Crippen LogP contribution in [0.1, 0.15) is 33.9 Å². The van der Waals surface area contributed by atoms with Gasteiger partial charge in [-0.05, 0) is 20.3 Å². The number of H-pyrrole nitrogens is 2. The third-order valence-corrected chi connectivity index (χ3v) is 4.07. The van der Waals surface area contributed by atoms with Gasteiger partial charge in [-0.25, -0.2) is 4.79 Å². The first-order chi connectivity index (χ1) is 11.5. The molecule has 0 unspecified atom stereocenters. The van der Waals surface area contributed by atoms with Crippen LogP contribution in [0, 0.1) is 13.8 Å². The lowest BCUT2D eigenvalue weighted by Crippen LogP contribution is -2.50. The van der Waals surface area contributed by atoms with Crippen LogP contribution in [0.5, 0.6) is 0 Å². The number of aryl methyl sites for hydroxylation is 2. The van der Waals surface area contributed by atoms with E-state index in [0.29, 0.717) is 26.2 Å². The lowest BCUT2D eigenvalue weighted by Gasteiger charge is -2.32. The standard InChI is InChI=1S/C15H20N4O5/c1-8-10(9(2)24-19-8)6-23-13-3-4-22-7-12(13)17-14(20)11-5-16-15(21)18-11/h5,12-13H,3-4,6-7H2,1-2H3,(H,17,20)(H2,16,18,21)/t12-,13+/m1/s1. The van der Waals surface area contributed by atoms with E-state index in [1.807, 2.05) is 13.8 Å². The van der Waals surface area contributed by atoms with Gasteiger partial charge in [0.1, 0.15) is 11.5 Å². The van der Waals surface area contributed by atoms with Gasteiger partial charge >= 0.3 is 5.69 Å². The van der Waals surface area contributed by atoms with E-state index in [-0.39, 0.29) is 23.7 Å². The summed E-state index contributed by atoms with van der Waals surface area (Å²) in [6.45, 7) is 4.98. The Hall–Kier alpha value is -2.39. The average molecular weight is 336 g/mol. The van der Waals surface area contributed by atoms with Gasteiger partial charge in [0, 0.05) is 18.4 Å². The van der Waals surface area contributed by atoms with E-state index in [2.05, 4.69) is 20.4 Å². The zero-order valence-electron chi connectivity index (χ0n) is 13.5. The second-order valence-electron chi connectivity index (χ2n) is 5.75. The molecule has 1 saturated heterocycles. The molecule has 2 aromatic rings. The van der Waals surface area contributed by atoms with Gasteiger partial charge in [0.05, 0.1) is 31.1 Å². The van der Waals surface area contributed by atoms with Gasteiger partial charge in [-0.3, -0.25) is 4.79 Å². The number of hydrogen-bond donors (Lipinski definition) is 3. The SMILES string of the molecule is Cc1noc(C)c1CO[C@H]1CCOC[C@H]1NC(=O)c1c[nH]c(=O)[nH]1. The topological polar surface area (TPSA) is 122 Å². The highest BCUT2D eigenvalue weighted by molar-refractivity contribution is 5.92. The highest BCUT2D eigenvalue weighted by Crippen LogP contribution is 2.18. The summed E-state index contributed by atoms with van der Waals surface area (Å²) in [5.74, 6) is 0.347. The predicted octanol–water partition coefficient (Wildman–Crippen LogP) is 0.412. The lowest BCUT2D eigenvalue weighted by atomic mass is 10.1. The van der Waals surface area contributed by atoms with Crippen molar-refractivity contribution in [3.8, 4) is 0 Å². The molecular formula is C15H20N4O5. The monoisotopic (exact) mass is 336 g/mol. The molecule has 3 heterocycles. The number of carbonyl (C=O) groups excluding carboxylic acids is 1. The Morgan fingerprint density at radius 3 is 3.00 bits per heavy atom. The Morgan fingerprint density at radius 1 is 1.50 bits per heavy atom.